The summed E-state index contributed by atoms with van der Waals surface area (Å²) in [6.45, 7) is 5.76. The van der Waals surface area contributed by atoms with E-state index in [0.29, 0.717) is 30.6 Å². The molecule has 0 aromatic heterocycles. The first-order valence-electron chi connectivity index (χ1n) is 9.00. The van der Waals surface area contributed by atoms with Crippen LogP contribution >= 0.6 is 0 Å². The number of carbonyl (C=O) groups excluding carboxylic acids is 1. The van der Waals surface area contributed by atoms with Crippen LogP contribution in [0.3, 0.4) is 0 Å². The van der Waals surface area contributed by atoms with Gasteiger partial charge in [0, 0.05) is 50.7 Å². The number of hydrogen-bond acceptors (Lipinski definition) is 3. The first-order chi connectivity index (χ1) is 11.0. The summed E-state index contributed by atoms with van der Waals surface area (Å²) < 4.78 is 0. The number of amides is 2. The van der Waals surface area contributed by atoms with Gasteiger partial charge in [0.1, 0.15) is 0 Å². The Morgan fingerprint density at radius 3 is 2.39 bits per heavy atom. The third-order valence-electron chi connectivity index (χ3n) is 6.69. The fourth-order valence-corrected chi connectivity index (χ4v) is 5.31. The molecule has 23 heavy (non-hydrogen) atoms. The number of piperidine rings is 1. The van der Waals surface area contributed by atoms with Gasteiger partial charge in [0.2, 0.25) is 5.91 Å². The summed E-state index contributed by atoms with van der Waals surface area (Å²) in [6.07, 6.45) is 5.50. The van der Waals surface area contributed by atoms with E-state index in [-0.39, 0.29) is 5.41 Å². The Labute approximate surface area is 137 Å². The fraction of sp³-hybridized carbons (Fsp3) is 0.882. The highest BCUT2D eigenvalue weighted by Crippen LogP contribution is 2.50. The van der Waals surface area contributed by atoms with Crippen molar-refractivity contribution in [2.75, 3.05) is 26.2 Å². The van der Waals surface area contributed by atoms with Crippen molar-refractivity contribution in [3.8, 4) is 0 Å². The summed E-state index contributed by atoms with van der Waals surface area (Å²) in [5.74, 6) is 0.332. The summed E-state index contributed by atoms with van der Waals surface area (Å²) >= 11 is 0. The van der Waals surface area contributed by atoms with Gasteiger partial charge >= 0.3 is 6.09 Å². The molecule has 1 atom stereocenters. The average molecular weight is 321 g/mol. The van der Waals surface area contributed by atoms with Crippen LogP contribution in [0.5, 0.6) is 0 Å². The minimum atomic E-state index is -0.764. The van der Waals surface area contributed by atoms with Crippen molar-refractivity contribution in [3.05, 3.63) is 0 Å². The zero-order valence-corrected chi connectivity index (χ0v) is 13.9. The van der Waals surface area contributed by atoms with Gasteiger partial charge in [0.25, 0.3) is 0 Å². The predicted molar refractivity (Wildman–Crippen MR) is 85.2 cm³/mol. The van der Waals surface area contributed by atoms with Crippen LogP contribution in [0.2, 0.25) is 0 Å². The summed E-state index contributed by atoms with van der Waals surface area (Å²) in [7, 11) is 0. The molecule has 6 heteroatoms. The number of rotatable bonds is 2. The van der Waals surface area contributed by atoms with E-state index in [1.807, 2.05) is 0 Å². The van der Waals surface area contributed by atoms with Gasteiger partial charge in [-0.2, -0.15) is 0 Å². The Morgan fingerprint density at radius 2 is 1.87 bits per heavy atom. The van der Waals surface area contributed by atoms with Crippen molar-refractivity contribution in [1.29, 1.82) is 0 Å². The molecule has 128 valence electrons. The first kappa shape index (κ1) is 15.2. The molecular weight excluding hydrogens is 294 g/mol. The molecule has 0 aromatic rings. The molecule has 3 saturated heterocycles. The highest BCUT2D eigenvalue weighted by Gasteiger charge is 2.51. The van der Waals surface area contributed by atoms with Crippen molar-refractivity contribution >= 4 is 12.0 Å². The molecule has 4 rings (SSSR count). The summed E-state index contributed by atoms with van der Waals surface area (Å²) in [5, 5.41) is 9.12. The molecule has 0 aromatic carbocycles. The van der Waals surface area contributed by atoms with Gasteiger partial charge in [0.15, 0.2) is 0 Å². The first-order valence-corrected chi connectivity index (χ1v) is 9.00. The molecule has 6 nitrogen and oxygen atoms in total. The molecule has 3 heterocycles. The Hall–Kier alpha value is -1.30. The van der Waals surface area contributed by atoms with E-state index in [4.69, 9.17) is 5.11 Å². The van der Waals surface area contributed by atoms with Crippen LogP contribution in [-0.2, 0) is 4.79 Å². The van der Waals surface area contributed by atoms with E-state index in [9.17, 15) is 9.59 Å². The van der Waals surface area contributed by atoms with E-state index >= 15 is 0 Å². The van der Waals surface area contributed by atoms with E-state index in [0.717, 1.165) is 58.2 Å². The van der Waals surface area contributed by atoms with Crippen LogP contribution in [0.25, 0.3) is 0 Å². The highest BCUT2D eigenvalue weighted by molar-refractivity contribution is 5.83. The molecule has 1 aliphatic carbocycles. The summed E-state index contributed by atoms with van der Waals surface area (Å²) in [4.78, 5) is 29.1. The Morgan fingerprint density at radius 1 is 1.17 bits per heavy atom. The van der Waals surface area contributed by atoms with Gasteiger partial charge in [-0.3, -0.25) is 4.79 Å². The highest BCUT2D eigenvalue weighted by atomic mass is 16.4. The van der Waals surface area contributed by atoms with Crippen LogP contribution in [0.1, 0.15) is 45.4 Å². The van der Waals surface area contributed by atoms with Crippen molar-refractivity contribution in [2.24, 2.45) is 5.41 Å². The van der Waals surface area contributed by atoms with Crippen molar-refractivity contribution in [1.82, 2.24) is 14.7 Å². The van der Waals surface area contributed by atoms with Crippen LogP contribution in [0, 0.1) is 5.41 Å². The Balaban J connectivity index is 1.25. The second-order valence-electron chi connectivity index (χ2n) is 8.14. The maximum Gasteiger partial charge on any atom is 0.407 e. The standard InChI is InChI=1S/C17H27N3O3/c1-12-8-15(21)20(12)13-2-5-18(6-3-13)14-9-17(10-14)4-7-19(11-17)16(22)23/h12-14H,2-11H2,1H3,(H,22,23)/t12-,14?,17?/m0/s1. The van der Waals surface area contributed by atoms with Crippen LogP contribution in [0.15, 0.2) is 0 Å². The maximum atomic E-state index is 11.7. The number of carboxylic acid groups (broad SMARTS) is 1. The fourth-order valence-electron chi connectivity index (χ4n) is 5.31. The van der Waals surface area contributed by atoms with Gasteiger partial charge in [0.05, 0.1) is 0 Å². The second-order valence-corrected chi connectivity index (χ2v) is 8.14. The zero-order chi connectivity index (χ0) is 16.2. The van der Waals surface area contributed by atoms with Gasteiger partial charge in [-0.15, -0.1) is 0 Å². The molecule has 1 saturated carbocycles. The number of likely N-dealkylation sites (tertiary alicyclic amines) is 3. The molecule has 3 aliphatic heterocycles. The Bertz CT molecular complexity index is 509. The van der Waals surface area contributed by atoms with Crippen LogP contribution < -0.4 is 0 Å². The van der Waals surface area contributed by atoms with Crippen LogP contribution in [0.4, 0.5) is 4.79 Å². The average Bonchev–Trinajstić information content (AvgIpc) is 2.92. The number of hydrogen-bond donors (Lipinski definition) is 1. The quantitative estimate of drug-likeness (QED) is 0.785. The number of carbonyl (C=O) groups is 2. The molecule has 1 spiro atoms. The minimum absolute atomic E-state index is 0.266. The maximum absolute atomic E-state index is 11.7. The normalized spacial score (nSPS) is 38.7. The lowest BCUT2D eigenvalue weighted by molar-refractivity contribution is -0.151. The smallest absolute Gasteiger partial charge is 0.407 e. The van der Waals surface area contributed by atoms with Crippen molar-refractivity contribution in [2.45, 2.75) is 63.6 Å². The van der Waals surface area contributed by atoms with E-state index in [1.54, 1.807) is 4.90 Å². The van der Waals surface area contributed by atoms with E-state index in [2.05, 4.69) is 16.7 Å². The molecule has 4 fully saturated rings. The largest absolute Gasteiger partial charge is 0.465 e. The van der Waals surface area contributed by atoms with Gasteiger partial charge < -0.3 is 19.8 Å². The lowest BCUT2D eigenvalue weighted by Crippen LogP contribution is -2.60. The Kier molecular flexibility index (Phi) is 3.55. The molecule has 1 N–H and O–H groups in total. The second kappa shape index (κ2) is 5.36. The molecule has 0 unspecified atom stereocenters. The van der Waals surface area contributed by atoms with Gasteiger partial charge in [-0.1, -0.05) is 0 Å². The molecular formula is C17H27N3O3. The lowest BCUT2D eigenvalue weighted by Gasteiger charge is -2.53. The molecule has 0 bridgehead atoms. The van der Waals surface area contributed by atoms with E-state index in [1.165, 1.54) is 0 Å². The SMILES string of the molecule is C[C@H]1CC(=O)N1C1CCN(C2CC3(CCN(C(=O)O)C3)C2)CC1. The third-order valence-corrected chi connectivity index (χ3v) is 6.69. The zero-order valence-electron chi connectivity index (χ0n) is 13.9. The molecule has 4 aliphatic rings. The van der Waals surface area contributed by atoms with Crippen molar-refractivity contribution in [3.63, 3.8) is 0 Å². The summed E-state index contributed by atoms with van der Waals surface area (Å²) in [6, 6.07) is 1.52. The topological polar surface area (TPSA) is 64.1 Å². The van der Waals surface area contributed by atoms with Crippen LogP contribution in [-0.4, -0.2) is 76.1 Å². The van der Waals surface area contributed by atoms with Gasteiger partial charge in [-0.25, -0.2) is 4.79 Å². The monoisotopic (exact) mass is 321 g/mol. The van der Waals surface area contributed by atoms with Gasteiger partial charge in [-0.05, 0) is 44.4 Å². The molecule has 0 radical (unpaired) electrons. The predicted octanol–water partition coefficient (Wildman–Crippen LogP) is 1.60. The van der Waals surface area contributed by atoms with Crippen molar-refractivity contribution < 1.29 is 14.7 Å². The minimum Gasteiger partial charge on any atom is -0.465 e. The number of nitrogens with zero attached hydrogens (tertiary/aromatic N) is 3. The van der Waals surface area contributed by atoms with E-state index < -0.39 is 6.09 Å². The summed E-state index contributed by atoms with van der Waals surface area (Å²) in [5.41, 5.74) is 0.266. The molecule has 2 amide bonds. The lowest BCUT2D eigenvalue weighted by atomic mass is 9.64. The third kappa shape index (κ3) is 2.51. The number of β-lactam (4-membered cyclic amide) rings is 1.